The second-order valence-corrected chi connectivity index (χ2v) is 8.02. The Morgan fingerprint density at radius 1 is 1.37 bits per heavy atom. The lowest BCUT2D eigenvalue weighted by molar-refractivity contribution is 0.0981. The summed E-state index contributed by atoms with van der Waals surface area (Å²) in [5, 5.41) is 13.6. The van der Waals surface area contributed by atoms with Crippen LogP contribution in [0.25, 0.3) is 5.52 Å². The van der Waals surface area contributed by atoms with Gasteiger partial charge in [-0.2, -0.15) is 5.10 Å². The van der Waals surface area contributed by atoms with Gasteiger partial charge >= 0.3 is 6.09 Å². The van der Waals surface area contributed by atoms with Crippen molar-refractivity contribution in [2.24, 2.45) is 0 Å². The molecule has 3 aromatic rings. The quantitative estimate of drug-likeness (QED) is 0.546. The minimum Gasteiger partial charge on any atom is -0.446 e. The molecule has 0 aromatic carbocycles. The first-order chi connectivity index (χ1) is 14.5. The number of rotatable bonds is 7. The second kappa shape index (κ2) is 8.74. The summed E-state index contributed by atoms with van der Waals surface area (Å²) < 4.78 is 12.8. The Morgan fingerprint density at radius 2 is 2.23 bits per heavy atom. The molecule has 160 valence electrons. The molecule has 1 saturated carbocycles. The molecule has 9 heteroatoms. The van der Waals surface area contributed by atoms with Gasteiger partial charge in [0.05, 0.1) is 12.1 Å². The van der Waals surface area contributed by atoms with Gasteiger partial charge in [-0.1, -0.05) is 0 Å². The maximum absolute atomic E-state index is 11.8. The van der Waals surface area contributed by atoms with Crippen LogP contribution in [0.4, 0.5) is 16.4 Å². The highest BCUT2D eigenvalue weighted by Crippen LogP contribution is 2.36. The molecule has 2 atom stereocenters. The van der Waals surface area contributed by atoms with Gasteiger partial charge in [-0.3, -0.25) is 5.10 Å². The molecule has 9 nitrogen and oxygen atoms in total. The van der Waals surface area contributed by atoms with Gasteiger partial charge in [0.25, 0.3) is 0 Å². The Balaban J connectivity index is 1.40. The van der Waals surface area contributed by atoms with Crippen molar-refractivity contribution in [3.05, 3.63) is 42.0 Å². The molecular formula is C21H28N6O3. The SMILES string of the molecule is COCc1cc2c(Nc3cc([C@H]4CC[C@@H](OC(=O)NC(C)C)C4)[nH]n3)nccn2c1. The Hall–Kier alpha value is -3.07. The lowest BCUT2D eigenvalue weighted by atomic mass is 10.0. The predicted octanol–water partition coefficient (Wildman–Crippen LogP) is 3.72. The molecule has 0 radical (unpaired) electrons. The van der Waals surface area contributed by atoms with Crippen LogP contribution in [0.5, 0.6) is 0 Å². The monoisotopic (exact) mass is 412 g/mol. The number of methoxy groups -OCH3 is 1. The van der Waals surface area contributed by atoms with E-state index in [-0.39, 0.29) is 24.2 Å². The van der Waals surface area contributed by atoms with E-state index < -0.39 is 0 Å². The average molecular weight is 412 g/mol. The molecule has 3 aromatic heterocycles. The highest BCUT2D eigenvalue weighted by Gasteiger charge is 2.30. The van der Waals surface area contributed by atoms with Crippen LogP contribution in [0.15, 0.2) is 30.7 Å². The van der Waals surface area contributed by atoms with Gasteiger partial charge in [-0.25, -0.2) is 9.78 Å². The van der Waals surface area contributed by atoms with Crippen LogP contribution >= 0.6 is 0 Å². The first kappa shape index (κ1) is 20.2. The molecule has 1 amide bonds. The Kier molecular flexibility index (Phi) is 5.89. The number of carbonyl (C=O) groups is 1. The highest BCUT2D eigenvalue weighted by molar-refractivity contribution is 5.73. The van der Waals surface area contributed by atoms with Gasteiger partial charge in [-0.15, -0.1) is 0 Å². The van der Waals surface area contributed by atoms with E-state index in [4.69, 9.17) is 9.47 Å². The predicted molar refractivity (Wildman–Crippen MR) is 113 cm³/mol. The first-order valence-electron chi connectivity index (χ1n) is 10.3. The van der Waals surface area contributed by atoms with Crippen LogP contribution in [0.1, 0.15) is 50.3 Å². The average Bonchev–Trinajstić information content (AvgIpc) is 3.41. The molecule has 30 heavy (non-hydrogen) atoms. The van der Waals surface area contributed by atoms with Gasteiger partial charge in [-0.05, 0) is 44.7 Å². The summed E-state index contributed by atoms with van der Waals surface area (Å²) >= 11 is 0. The molecule has 0 unspecified atom stereocenters. The molecule has 1 aliphatic carbocycles. The number of fused-ring (bicyclic) bond motifs is 1. The van der Waals surface area contributed by atoms with Crippen molar-refractivity contribution in [3.63, 3.8) is 0 Å². The van der Waals surface area contributed by atoms with Crippen LogP contribution in [-0.2, 0) is 16.1 Å². The summed E-state index contributed by atoms with van der Waals surface area (Å²) in [6.45, 7) is 4.38. The van der Waals surface area contributed by atoms with E-state index in [2.05, 4.69) is 25.8 Å². The molecular weight excluding hydrogens is 384 g/mol. The maximum atomic E-state index is 11.8. The fourth-order valence-electron chi connectivity index (χ4n) is 3.92. The third kappa shape index (κ3) is 4.56. The molecule has 1 fully saturated rings. The summed E-state index contributed by atoms with van der Waals surface area (Å²) in [7, 11) is 1.68. The van der Waals surface area contributed by atoms with Crippen molar-refractivity contribution in [1.82, 2.24) is 24.9 Å². The molecule has 1 aliphatic rings. The van der Waals surface area contributed by atoms with Crippen LogP contribution in [0.3, 0.4) is 0 Å². The van der Waals surface area contributed by atoms with Crippen LogP contribution in [-0.4, -0.2) is 44.9 Å². The number of hydrogen-bond donors (Lipinski definition) is 3. The lowest BCUT2D eigenvalue weighted by Crippen LogP contribution is -2.33. The van der Waals surface area contributed by atoms with Crippen LogP contribution in [0.2, 0.25) is 0 Å². The van der Waals surface area contributed by atoms with E-state index in [9.17, 15) is 4.79 Å². The van der Waals surface area contributed by atoms with Gasteiger partial charge in [0.2, 0.25) is 0 Å². The van der Waals surface area contributed by atoms with Gasteiger partial charge < -0.3 is 24.5 Å². The molecule has 3 heterocycles. The van der Waals surface area contributed by atoms with Gasteiger partial charge in [0, 0.05) is 49.4 Å². The molecule has 0 bridgehead atoms. The lowest BCUT2D eigenvalue weighted by Gasteiger charge is -2.14. The van der Waals surface area contributed by atoms with Gasteiger partial charge in [0.1, 0.15) is 6.10 Å². The topological polar surface area (TPSA) is 106 Å². The molecule has 4 rings (SSSR count). The normalized spacial score (nSPS) is 18.8. The van der Waals surface area contributed by atoms with E-state index in [1.165, 1.54) is 0 Å². The van der Waals surface area contributed by atoms with Crippen molar-refractivity contribution < 1.29 is 14.3 Å². The third-order valence-corrected chi connectivity index (χ3v) is 5.24. The maximum Gasteiger partial charge on any atom is 0.407 e. The largest absolute Gasteiger partial charge is 0.446 e. The summed E-state index contributed by atoms with van der Waals surface area (Å²) in [6.07, 6.45) is 7.87. The number of hydrogen-bond acceptors (Lipinski definition) is 6. The zero-order chi connectivity index (χ0) is 21.1. The summed E-state index contributed by atoms with van der Waals surface area (Å²) in [5.74, 6) is 1.73. The molecule has 0 saturated heterocycles. The zero-order valence-corrected chi connectivity index (χ0v) is 17.5. The zero-order valence-electron chi connectivity index (χ0n) is 17.5. The van der Waals surface area contributed by atoms with E-state index in [0.29, 0.717) is 12.4 Å². The number of carbonyl (C=O) groups excluding carboxylic acids is 1. The van der Waals surface area contributed by atoms with Crippen LogP contribution in [0, 0.1) is 0 Å². The van der Waals surface area contributed by atoms with E-state index in [1.54, 1.807) is 13.3 Å². The van der Waals surface area contributed by atoms with Crippen molar-refractivity contribution in [2.75, 3.05) is 12.4 Å². The minimum absolute atomic E-state index is 0.0659. The minimum atomic E-state index is -0.346. The summed E-state index contributed by atoms with van der Waals surface area (Å²) in [4.78, 5) is 16.3. The molecule has 0 aliphatic heterocycles. The van der Waals surface area contributed by atoms with Crippen molar-refractivity contribution in [3.8, 4) is 0 Å². The summed E-state index contributed by atoms with van der Waals surface area (Å²) in [6, 6.07) is 4.12. The smallest absolute Gasteiger partial charge is 0.407 e. The van der Waals surface area contributed by atoms with E-state index in [0.717, 1.165) is 41.9 Å². The number of alkyl carbamates (subject to hydrolysis) is 1. The fourth-order valence-corrected chi connectivity index (χ4v) is 3.92. The third-order valence-electron chi connectivity index (χ3n) is 5.24. The number of amides is 1. The second-order valence-electron chi connectivity index (χ2n) is 8.02. The standard InChI is InChI=1S/C21H28N6O3/c1-13(2)23-21(28)30-16-5-4-15(9-16)17-10-19(26-25-17)24-20-18-8-14(12-29-3)11-27(18)7-6-22-20/h6-8,10-11,13,15-16H,4-5,9,12H2,1-3H3,(H,23,28)(H2,22,24,25,26)/t15-,16+/m0/s1. The van der Waals surface area contributed by atoms with Crippen LogP contribution < -0.4 is 10.6 Å². The number of aromatic nitrogens is 4. The van der Waals surface area contributed by atoms with Crippen molar-refractivity contribution >= 4 is 23.2 Å². The molecule has 0 spiro atoms. The Labute approximate surface area is 175 Å². The first-order valence-corrected chi connectivity index (χ1v) is 10.3. The number of H-pyrrole nitrogens is 1. The van der Waals surface area contributed by atoms with Gasteiger partial charge in [0.15, 0.2) is 11.6 Å². The Bertz CT molecular complexity index is 1010. The number of aromatic amines is 1. The summed E-state index contributed by atoms with van der Waals surface area (Å²) in [5.41, 5.74) is 3.07. The van der Waals surface area contributed by atoms with Crippen molar-refractivity contribution in [2.45, 2.75) is 57.8 Å². The number of nitrogens with one attached hydrogen (secondary N) is 3. The molecule has 3 N–H and O–H groups in total. The number of nitrogens with zero attached hydrogens (tertiary/aromatic N) is 3. The van der Waals surface area contributed by atoms with E-state index >= 15 is 0 Å². The number of ether oxygens (including phenoxy) is 2. The van der Waals surface area contributed by atoms with Crippen molar-refractivity contribution in [1.29, 1.82) is 0 Å². The highest BCUT2D eigenvalue weighted by atomic mass is 16.6. The fraction of sp³-hybridized carbons (Fsp3) is 0.476. The number of anilines is 2. The Morgan fingerprint density at radius 3 is 3.03 bits per heavy atom. The van der Waals surface area contributed by atoms with E-state index in [1.807, 2.05) is 42.8 Å².